The Bertz CT molecular complexity index is 1200. The molecule has 0 saturated carbocycles. The molecule has 1 amide bonds. The third-order valence-electron chi connectivity index (χ3n) is 5.26. The number of benzene rings is 3. The van der Waals surface area contributed by atoms with Gasteiger partial charge in [0.2, 0.25) is 5.89 Å². The zero-order chi connectivity index (χ0) is 21.8. The van der Waals surface area contributed by atoms with Crippen molar-refractivity contribution in [2.75, 3.05) is 5.32 Å². The van der Waals surface area contributed by atoms with Crippen molar-refractivity contribution in [1.82, 2.24) is 4.98 Å². The second kappa shape index (κ2) is 8.88. The molecule has 0 saturated heterocycles. The molecule has 3 aromatic carbocycles. The second-order valence-corrected chi connectivity index (χ2v) is 7.40. The molecule has 0 atom stereocenters. The summed E-state index contributed by atoms with van der Waals surface area (Å²) in [5, 5.41) is 2.98. The van der Waals surface area contributed by atoms with Crippen molar-refractivity contribution in [1.29, 1.82) is 0 Å². The quantitative estimate of drug-likeness (QED) is 0.416. The number of carbonyl (C=O) groups is 1. The molecular weight excluding hydrogens is 388 g/mol. The minimum absolute atomic E-state index is 0.152. The molecule has 5 nitrogen and oxygen atoms in total. The number of nitrogens with one attached hydrogen (secondary N) is 1. The first-order valence-corrected chi connectivity index (χ1v) is 10.1. The fourth-order valence-electron chi connectivity index (χ4n) is 3.20. The van der Waals surface area contributed by atoms with Crippen LogP contribution in [-0.4, -0.2) is 10.9 Å². The van der Waals surface area contributed by atoms with Gasteiger partial charge in [0.15, 0.2) is 0 Å². The highest BCUT2D eigenvalue weighted by molar-refractivity contribution is 6.04. The molecular formula is C26H24N2O3. The lowest BCUT2D eigenvalue weighted by Crippen LogP contribution is -2.12. The molecule has 0 spiro atoms. The van der Waals surface area contributed by atoms with Crippen LogP contribution in [-0.2, 0) is 6.61 Å². The normalized spacial score (nSPS) is 10.7. The van der Waals surface area contributed by atoms with Gasteiger partial charge in [0.25, 0.3) is 5.91 Å². The average Bonchev–Trinajstić information content (AvgIpc) is 3.17. The van der Waals surface area contributed by atoms with Crippen LogP contribution in [0.4, 0.5) is 5.69 Å². The van der Waals surface area contributed by atoms with Crippen LogP contribution in [0, 0.1) is 20.8 Å². The van der Waals surface area contributed by atoms with Gasteiger partial charge in [0.05, 0.1) is 0 Å². The van der Waals surface area contributed by atoms with Gasteiger partial charge in [-0.3, -0.25) is 4.79 Å². The van der Waals surface area contributed by atoms with E-state index in [1.165, 1.54) is 0 Å². The van der Waals surface area contributed by atoms with Gasteiger partial charge in [-0.05, 0) is 74.4 Å². The molecule has 1 N–H and O–H groups in total. The fourth-order valence-corrected chi connectivity index (χ4v) is 3.20. The molecule has 0 fully saturated rings. The molecule has 5 heteroatoms. The van der Waals surface area contributed by atoms with Gasteiger partial charge in [0, 0.05) is 16.8 Å². The number of para-hydroxylation sites is 1. The summed E-state index contributed by atoms with van der Waals surface area (Å²) < 4.78 is 11.6. The number of amides is 1. The number of aryl methyl sites for hydroxylation is 2. The lowest BCUT2D eigenvalue weighted by molar-refractivity contribution is 0.102. The van der Waals surface area contributed by atoms with Gasteiger partial charge in [0.1, 0.15) is 23.8 Å². The SMILES string of the molecule is Cc1cccc(NC(=O)c2ccc(-c3nc(COc4ccccc4)c(C)o3)cc2)c1C. The van der Waals surface area contributed by atoms with E-state index in [1.54, 1.807) is 12.1 Å². The zero-order valence-electron chi connectivity index (χ0n) is 17.8. The number of ether oxygens (including phenoxy) is 1. The van der Waals surface area contributed by atoms with Gasteiger partial charge in [-0.25, -0.2) is 4.98 Å². The molecule has 31 heavy (non-hydrogen) atoms. The lowest BCUT2D eigenvalue weighted by atomic mass is 10.1. The first-order chi connectivity index (χ1) is 15.0. The van der Waals surface area contributed by atoms with E-state index in [0.29, 0.717) is 23.8 Å². The van der Waals surface area contributed by atoms with Crippen molar-refractivity contribution in [2.45, 2.75) is 27.4 Å². The van der Waals surface area contributed by atoms with Crippen LogP contribution >= 0.6 is 0 Å². The Balaban J connectivity index is 1.45. The van der Waals surface area contributed by atoms with Crippen LogP contribution in [0.1, 0.15) is 32.9 Å². The molecule has 0 aliphatic heterocycles. The summed E-state index contributed by atoms with van der Waals surface area (Å²) in [6, 6.07) is 22.7. The van der Waals surface area contributed by atoms with Crippen LogP contribution in [0.5, 0.6) is 5.75 Å². The molecule has 4 rings (SSSR count). The van der Waals surface area contributed by atoms with Crippen molar-refractivity contribution >= 4 is 11.6 Å². The van der Waals surface area contributed by atoms with E-state index in [4.69, 9.17) is 9.15 Å². The minimum Gasteiger partial charge on any atom is -0.487 e. The Morgan fingerprint density at radius 1 is 0.935 bits per heavy atom. The highest BCUT2D eigenvalue weighted by atomic mass is 16.5. The van der Waals surface area contributed by atoms with E-state index in [1.807, 2.05) is 81.4 Å². The van der Waals surface area contributed by atoms with Crippen molar-refractivity contribution in [3.63, 3.8) is 0 Å². The number of hydrogen-bond donors (Lipinski definition) is 1. The van der Waals surface area contributed by atoms with Gasteiger partial charge in [-0.1, -0.05) is 30.3 Å². The van der Waals surface area contributed by atoms with Crippen LogP contribution in [0.2, 0.25) is 0 Å². The maximum atomic E-state index is 12.6. The van der Waals surface area contributed by atoms with E-state index in [2.05, 4.69) is 10.3 Å². The molecule has 0 aliphatic rings. The number of rotatable bonds is 6. The number of hydrogen-bond acceptors (Lipinski definition) is 4. The molecule has 1 heterocycles. The van der Waals surface area contributed by atoms with Crippen LogP contribution in [0.3, 0.4) is 0 Å². The second-order valence-electron chi connectivity index (χ2n) is 7.40. The zero-order valence-corrected chi connectivity index (χ0v) is 17.8. The van der Waals surface area contributed by atoms with Crippen molar-refractivity contribution in [3.05, 3.63) is 101 Å². The third-order valence-corrected chi connectivity index (χ3v) is 5.26. The van der Waals surface area contributed by atoms with E-state index >= 15 is 0 Å². The summed E-state index contributed by atoms with van der Waals surface area (Å²) >= 11 is 0. The fraction of sp³-hybridized carbons (Fsp3) is 0.154. The molecule has 0 aliphatic carbocycles. The highest BCUT2D eigenvalue weighted by Gasteiger charge is 2.14. The average molecular weight is 412 g/mol. The summed E-state index contributed by atoms with van der Waals surface area (Å²) in [5.74, 6) is 1.85. The summed E-state index contributed by atoms with van der Waals surface area (Å²) in [6.07, 6.45) is 0. The Hall–Kier alpha value is -3.86. The summed E-state index contributed by atoms with van der Waals surface area (Å²) in [7, 11) is 0. The maximum absolute atomic E-state index is 12.6. The van der Waals surface area contributed by atoms with Gasteiger partial charge >= 0.3 is 0 Å². The van der Waals surface area contributed by atoms with E-state index in [9.17, 15) is 4.79 Å². The predicted octanol–water partition coefficient (Wildman–Crippen LogP) is 6.10. The first kappa shape index (κ1) is 20.4. The topological polar surface area (TPSA) is 64.4 Å². The number of aromatic nitrogens is 1. The van der Waals surface area contributed by atoms with Gasteiger partial charge < -0.3 is 14.5 Å². The number of carbonyl (C=O) groups excluding carboxylic acids is 1. The monoisotopic (exact) mass is 412 g/mol. The molecule has 156 valence electrons. The van der Waals surface area contributed by atoms with Crippen molar-refractivity contribution < 1.29 is 13.9 Å². The Kier molecular flexibility index (Phi) is 5.85. The molecule has 4 aromatic rings. The molecule has 1 aromatic heterocycles. The number of oxazole rings is 1. The molecule has 0 radical (unpaired) electrons. The number of anilines is 1. The highest BCUT2D eigenvalue weighted by Crippen LogP contribution is 2.24. The van der Waals surface area contributed by atoms with Crippen LogP contribution in [0.25, 0.3) is 11.5 Å². The van der Waals surface area contributed by atoms with E-state index in [0.717, 1.165) is 33.8 Å². The first-order valence-electron chi connectivity index (χ1n) is 10.1. The largest absolute Gasteiger partial charge is 0.487 e. The molecule has 0 unspecified atom stereocenters. The Labute approximate surface area is 181 Å². The Morgan fingerprint density at radius 3 is 2.42 bits per heavy atom. The minimum atomic E-state index is -0.152. The maximum Gasteiger partial charge on any atom is 0.255 e. The van der Waals surface area contributed by atoms with Crippen molar-refractivity contribution in [2.24, 2.45) is 0 Å². The summed E-state index contributed by atoms with van der Waals surface area (Å²) in [5.41, 5.74) is 5.14. The standard InChI is InChI=1S/C26H24N2O3/c1-17-8-7-11-23(18(17)2)27-25(29)20-12-14-21(15-13-20)26-28-24(19(3)31-26)16-30-22-9-5-4-6-10-22/h4-15H,16H2,1-3H3,(H,27,29). The van der Waals surface area contributed by atoms with Crippen LogP contribution in [0.15, 0.2) is 77.2 Å². The van der Waals surface area contributed by atoms with Gasteiger partial charge in [-0.2, -0.15) is 0 Å². The van der Waals surface area contributed by atoms with Crippen molar-refractivity contribution in [3.8, 4) is 17.2 Å². The summed E-state index contributed by atoms with van der Waals surface area (Å²) in [6.45, 7) is 6.22. The van der Waals surface area contributed by atoms with Gasteiger partial charge in [-0.15, -0.1) is 0 Å². The molecule has 0 bridgehead atoms. The van der Waals surface area contributed by atoms with Crippen LogP contribution < -0.4 is 10.1 Å². The van der Waals surface area contributed by atoms with E-state index < -0.39 is 0 Å². The smallest absolute Gasteiger partial charge is 0.255 e. The Morgan fingerprint density at radius 2 is 1.68 bits per heavy atom. The third kappa shape index (κ3) is 4.67. The predicted molar refractivity (Wildman–Crippen MR) is 121 cm³/mol. The van der Waals surface area contributed by atoms with E-state index in [-0.39, 0.29) is 5.91 Å². The lowest BCUT2D eigenvalue weighted by Gasteiger charge is -2.10. The number of nitrogens with zero attached hydrogens (tertiary/aromatic N) is 1. The summed E-state index contributed by atoms with van der Waals surface area (Å²) in [4.78, 5) is 17.2.